The smallest absolute Gasteiger partial charge is 0.360 e. The molecule has 0 fully saturated rings. The molecule has 0 atom stereocenters. The van der Waals surface area contributed by atoms with Crippen molar-refractivity contribution in [1.82, 2.24) is 25.1 Å². The lowest BCUT2D eigenvalue weighted by atomic mass is 10.1. The minimum absolute atomic E-state index is 0.0489. The van der Waals surface area contributed by atoms with E-state index in [-0.39, 0.29) is 5.69 Å². The van der Waals surface area contributed by atoms with Gasteiger partial charge in [-0.25, -0.2) is 14.8 Å². The number of aromatic amines is 2. The van der Waals surface area contributed by atoms with Crippen molar-refractivity contribution >= 4 is 40.6 Å². The summed E-state index contributed by atoms with van der Waals surface area (Å²) in [4.78, 5) is 24.4. The van der Waals surface area contributed by atoms with Gasteiger partial charge in [-0.15, -0.1) is 0 Å². The van der Waals surface area contributed by atoms with Crippen LogP contribution in [0.15, 0.2) is 73.1 Å². The summed E-state index contributed by atoms with van der Waals surface area (Å²) in [5.41, 5.74) is 2.56. The zero-order valence-electron chi connectivity index (χ0n) is 20.2. The fourth-order valence-electron chi connectivity index (χ4n) is 3.82. The number of aromatic nitrogens is 5. The maximum Gasteiger partial charge on any atom is 0.417 e. The summed E-state index contributed by atoms with van der Waals surface area (Å²) >= 11 is 5.63. The van der Waals surface area contributed by atoms with Crippen molar-refractivity contribution in [1.29, 1.82) is 0 Å². The quantitative estimate of drug-likeness (QED) is 0.152. The van der Waals surface area contributed by atoms with Crippen molar-refractivity contribution in [2.45, 2.75) is 13.1 Å². The number of urea groups is 1. The first-order valence-corrected chi connectivity index (χ1v) is 11.9. The summed E-state index contributed by atoms with van der Waals surface area (Å²) in [5.74, 6) is 1.57. The van der Waals surface area contributed by atoms with Crippen LogP contribution in [0.2, 0.25) is 5.02 Å². The van der Waals surface area contributed by atoms with Gasteiger partial charge < -0.3 is 20.9 Å². The van der Waals surface area contributed by atoms with Gasteiger partial charge in [-0.2, -0.15) is 18.3 Å². The maximum absolute atomic E-state index is 13.1. The maximum atomic E-state index is 13.1. The van der Waals surface area contributed by atoms with Crippen LogP contribution >= 0.6 is 11.6 Å². The third kappa shape index (κ3) is 6.02. The molecule has 3 aromatic heterocycles. The Labute approximate surface area is 224 Å². The van der Waals surface area contributed by atoms with Gasteiger partial charge >= 0.3 is 12.2 Å². The molecule has 9 nitrogen and oxygen atoms in total. The first kappa shape index (κ1) is 25.8. The van der Waals surface area contributed by atoms with Crippen molar-refractivity contribution in [3.63, 3.8) is 0 Å². The summed E-state index contributed by atoms with van der Waals surface area (Å²) in [7, 11) is 0. The van der Waals surface area contributed by atoms with Gasteiger partial charge in [0.15, 0.2) is 11.6 Å². The average molecular weight is 553 g/mol. The fourth-order valence-corrected chi connectivity index (χ4v) is 4.04. The Hall–Kier alpha value is -4.84. The molecule has 39 heavy (non-hydrogen) atoms. The first-order chi connectivity index (χ1) is 18.7. The fraction of sp³-hybridized carbons (Fsp3) is 0.0769. The predicted octanol–water partition coefficient (Wildman–Crippen LogP) is 7.23. The van der Waals surface area contributed by atoms with Crippen molar-refractivity contribution in [3.8, 4) is 22.8 Å². The number of hydrogen-bond donors (Lipinski definition) is 5. The van der Waals surface area contributed by atoms with Crippen LogP contribution in [0.1, 0.15) is 11.1 Å². The van der Waals surface area contributed by atoms with E-state index in [1.807, 2.05) is 31.3 Å². The Morgan fingerprint density at radius 2 is 1.72 bits per heavy atom. The zero-order chi connectivity index (χ0) is 27.6. The molecular formula is C26H20ClF3N8O. The number of amides is 2. The van der Waals surface area contributed by atoms with Gasteiger partial charge in [0, 0.05) is 35.4 Å². The number of anilines is 4. The Balaban J connectivity index is 1.26. The normalized spacial score (nSPS) is 11.3. The molecule has 5 rings (SSSR count). The van der Waals surface area contributed by atoms with Crippen molar-refractivity contribution in [2.75, 3.05) is 16.0 Å². The van der Waals surface area contributed by atoms with Gasteiger partial charge in [-0.1, -0.05) is 11.6 Å². The number of hydrogen-bond acceptors (Lipinski definition) is 5. The van der Waals surface area contributed by atoms with Crippen molar-refractivity contribution in [2.24, 2.45) is 0 Å². The highest BCUT2D eigenvalue weighted by Gasteiger charge is 2.33. The number of benzene rings is 2. The van der Waals surface area contributed by atoms with Crippen LogP contribution in [-0.4, -0.2) is 31.2 Å². The Morgan fingerprint density at radius 1 is 0.949 bits per heavy atom. The van der Waals surface area contributed by atoms with E-state index in [1.54, 1.807) is 30.5 Å². The van der Waals surface area contributed by atoms with Gasteiger partial charge in [-0.3, -0.25) is 5.10 Å². The highest BCUT2D eigenvalue weighted by molar-refractivity contribution is 6.31. The summed E-state index contributed by atoms with van der Waals surface area (Å²) in [6, 6.07) is 14.9. The zero-order valence-corrected chi connectivity index (χ0v) is 20.9. The molecular weight excluding hydrogens is 533 g/mol. The standard InChI is InChI=1S/C26H20ClF3N8O/c1-14-11-15(33-25(39)34-16-5-7-19(27)18(12-16)26(28,29)30)4-6-17(14)24-32-10-8-22(36-24)35-23-13-21(37-38-23)20-3-2-9-31-20/h2-13,31H,1H3,(H2,33,34,39)(H2,32,35,36,37,38). The molecule has 0 unspecified atom stereocenters. The van der Waals surface area contributed by atoms with Crippen LogP contribution in [0.25, 0.3) is 22.8 Å². The minimum Gasteiger partial charge on any atom is -0.360 e. The number of carbonyl (C=O) groups is 1. The summed E-state index contributed by atoms with van der Waals surface area (Å²) in [6.45, 7) is 1.83. The van der Waals surface area contributed by atoms with E-state index in [2.05, 4.69) is 41.1 Å². The number of halogens is 4. The number of nitrogens with one attached hydrogen (secondary N) is 5. The number of rotatable bonds is 6. The topological polar surface area (TPSA) is 123 Å². The molecule has 3 heterocycles. The lowest BCUT2D eigenvalue weighted by Crippen LogP contribution is -2.20. The molecule has 0 radical (unpaired) electrons. The highest BCUT2D eigenvalue weighted by Crippen LogP contribution is 2.36. The molecule has 0 aliphatic carbocycles. The molecule has 0 aliphatic heterocycles. The Bertz CT molecular complexity index is 1630. The summed E-state index contributed by atoms with van der Waals surface area (Å²) in [6.07, 6.45) is -1.21. The summed E-state index contributed by atoms with van der Waals surface area (Å²) < 4.78 is 39.3. The van der Waals surface area contributed by atoms with E-state index in [1.165, 1.54) is 6.07 Å². The second kappa shape index (κ2) is 10.5. The minimum atomic E-state index is -4.64. The van der Waals surface area contributed by atoms with Crippen molar-refractivity contribution in [3.05, 3.63) is 89.2 Å². The van der Waals surface area contributed by atoms with Crippen LogP contribution in [0.3, 0.4) is 0 Å². The molecule has 0 spiro atoms. The third-order valence-corrected chi connectivity index (χ3v) is 5.96. The van der Waals surface area contributed by atoms with Crippen LogP contribution in [0, 0.1) is 6.92 Å². The van der Waals surface area contributed by atoms with Crippen molar-refractivity contribution < 1.29 is 18.0 Å². The van der Waals surface area contributed by atoms with Gasteiger partial charge in [0.2, 0.25) is 0 Å². The first-order valence-electron chi connectivity index (χ1n) is 11.5. The largest absolute Gasteiger partial charge is 0.417 e. The molecule has 5 N–H and O–H groups in total. The molecule has 2 aromatic carbocycles. The van der Waals surface area contributed by atoms with E-state index >= 15 is 0 Å². The molecule has 198 valence electrons. The second-order valence-corrected chi connectivity index (χ2v) is 8.85. The number of H-pyrrole nitrogens is 2. The molecule has 5 aromatic rings. The Morgan fingerprint density at radius 3 is 2.44 bits per heavy atom. The van der Waals surface area contributed by atoms with E-state index in [0.717, 1.165) is 34.6 Å². The van der Waals surface area contributed by atoms with Crippen LogP contribution in [0.4, 0.5) is 41.0 Å². The lowest BCUT2D eigenvalue weighted by molar-refractivity contribution is -0.137. The van der Waals surface area contributed by atoms with E-state index in [4.69, 9.17) is 11.6 Å². The monoisotopic (exact) mass is 552 g/mol. The van der Waals surface area contributed by atoms with Gasteiger partial charge in [-0.05, 0) is 67.1 Å². The third-order valence-electron chi connectivity index (χ3n) is 5.63. The van der Waals surface area contributed by atoms with Crippen LogP contribution < -0.4 is 16.0 Å². The lowest BCUT2D eigenvalue weighted by Gasteiger charge is -2.13. The number of carbonyl (C=O) groups excluding carboxylic acids is 1. The van der Waals surface area contributed by atoms with E-state index < -0.39 is 22.8 Å². The average Bonchev–Trinajstić information content (AvgIpc) is 3.57. The molecule has 0 bridgehead atoms. The molecule has 0 aliphatic rings. The molecule has 13 heteroatoms. The molecule has 0 saturated carbocycles. The SMILES string of the molecule is Cc1cc(NC(=O)Nc2ccc(Cl)c(C(F)(F)F)c2)ccc1-c1nccc(Nc2cc(-c3ccc[nH]3)[nH]n2)n1. The number of alkyl halides is 3. The van der Waals surface area contributed by atoms with Gasteiger partial charge in [0.1, 0.15) is 5.82 Å². The van der Waals surface area contributed by atoms with E-state index in [9.17, 15) is 18.0 Å². The van der Waals surface area contributed by atoms with Crippen LogP contribution in [0.5, 0.6) is 0 Å². The van der Waals surface area contributed by atoms with Gasteiger partial charge in [0.25, 0.3) is 0 Å². The number of aryl methyl sites for hydroxylation is 1. The Kier molecular flexibility index (Phi) is 6.94. The summed E-state index contributed by atoms with van der Waals surface area (Å²) in [5, 5.41) is 14.9. The molecule has 2 amide bonds. The second-order valence-electron chi connectivity index (χ2n) is 8.44. The predicted molar refractivity (Wildman–Crippen MR) is 143 cm³/mol. The van der Waals surface area contributed by atoms with E-state index in [0.29, 0.717) is 23.1 Å². The van der Waals surface area contributed by atoms with Gasteiger partial charge in [0.05, 0.1) is 22.0 Å². The highest BCUT2D eigenvalue weighted by atomic mass is 35.5. The van der Waals surface area contributed by atoms with Crippen LogP contribution in [-0.2, 0) is 6.18 Å². The number of nitrogens with zero attached hydrogens (tertiary/aromatic N) is 3. The molecule has 0 saturated heterocycles.